The summed E-state index contributed by atoms with van der Waals surface area (Å²) < 4.78 is 0. The van der Waals surface area contributed by atoms with Crippen molar-refractivity contribution in [2.24, 2.45) is 0 Å². The summed E-state index contributed by atoms with van der Waals surface area (Å²) in [5.41, 5.74) is 1.96. The average molecular weight is 258 g/mol. The van der Waals surface area contributed by atoms with Crippen molar-refractivity contribution in [2.45, 2.75) is 6.92 Å². The van der Waals surface area contributed by atoms with E-state index in [9.17, 15) is 9.59 Å². The molecule has 0 amide bonds. The Hall–Kier alpha value is -1.93. The first-order valence-electron chi connectivity index (χ1n) is 5.41. The van der Waals surface area contributed by atoms with Crippen molar-refractivity contribution < 1.29 is 9.59 Å². The zero-order valence-electron chi connectivity index (χ0n) is 9.74. The molecule has 2 rings (SSSR count). The molecule has 0 saturated heterocycles. The number of benzene rings is 2. The van der Waals surface area contributed by atoms with Crippen LogP contribution in [0.4, 0.5) is 0 Å². The SMILES string of the molecule is Cc1ccc(C(=O)c2c(Cl)cccc2[C]=O)cc1. The van der Waals surface area contributed by atoms with Crippen LogP contribution in [0.25, 0.3) is 0 Å². The van der Waals surface area contributed by atoms with Crippen molar-refractivity contribution in [3.05, 3.63) is 69.7 Å². The maximum atomic E-state index is 12.3. The molecule has 0 aliphatic carbocycles. The van der Waals surface area contributed by atoms with Crippen LogP contribution in [0.3, 0.4) is 0 Å². The first-order chi connectivity index (χ1) is 8.63. The van der Waals surface area contributed by atoms with Gasteiger partial charge in [0.15, 0.2) is 5.78 Å². The van der Waals surface area contributed by atoms with E-state index >= 15 is 0 Å². The van der Waals surface area contributed by atoms with Crippen LogP contribution in [-0.4, -0.2) is 12.1 Å². The van der Waals surface area contributed by atoms with Gasteiger partial charge in [0.1, 0.15) is 0 Å². The highest BCUT2D eigenvalue weighted by molar-refractivity contribution is 6.35. The van der Waals surface area contributed by atoms with E-state index in [1.165, 1.54) is 6.07 Å². The van der Waals surface area contributed by atoms with Gasteiger partial charge in [0.2, 0.25) is 6.29 Å². The molecule has 0 aliphatic rings. The minimum Gasteiger partial charge on any atom is -0.289 e. The van der Waals surface area contributed by atoms with Gasteiger partial charge in [-0.1, -0.05) is 53.6 Å². The molecule has 89 valence electrons. The Labute approximate surface area is 110 Å². The first kappa shape index (κ1) is 12.5. The fourth-order valence-corrected chi connectivity index (χ4v) is 1.95. The largest absolute Gasteiger partial charge is 0.289 e. The Kier molecular flexibility index (Phi) is 3.58. The standard InChI is InChI=1S/C15H10ClO2/c1-10-5-7-11(8-6-10)15(18)14-12(9-17)3-2-4-13(14)16/h2-8H,1H3. The van der Waals surface area contributed by atoms with Gasteiger partial charge in [-0.25, -0.2) is 0 Å². The van der Waals surface area contributed by atoms with E-state index < -0.39 is 0 Å². The summed E-state index contributed by atoms with van der Waals surface area (Å²) >= 11 is 5.98. The Morgan fingerprint density at radius 3 is 2.39 bits per heavy atom. The number of ketones is 1. The second-order valence-corrected chi connectivity index (χ2v) is 4.37. The zero-order chi connectivity index (χ0) is 13.1. The van der Waals surface area contributed by atoms with Crippen LogP contribution in [0.1, 0.15) is 27.0 Å². The summed E-state index contributed by atoms with van der Waals surface area (Å²) in [6, 6.07) is 11.9. The number of rotatable bonds is 3. The molecule has 0 saturated carbocycles. The van der Waals surface area contributed by atoms with E-state index in [1.54, 1.807) is 30.6 Å². The van der Waals surface area contributed by atoms with Crippen molar-refractivity contribution in [3.63, 3.8) is 0 Å². The quantitative estimate of drug-likeness (QED) is 0.791. The Bertz CT molecular complexity index is 600. The van der Waals surface area contributed by atoms with Crippen LogP contribution in [0.15, 0.2) is 42.5 Å². The van der Waals surface area contributed by atoms with Crippen molar-refractivity contribution in [1.82, 2.24) is 0 Å². The van der Waals surface area contributed by atoms with Gasteiger partial charge in [-0.05, 0) is 13.0 Å². The van der Waals surface area contributed by atoms with Crippen molar-refractivity contribution in [1.29, 1.82) is 0 Å². The van der Waals surface area contributed by atoms with E-state index in [1.807, 2.05) is 19.1 Å². The third-order valence-electron chi connectivity index (χ3n) is 2.66. The van der Waals surface area contributed by atoms with E-state index in [2.05, 4.69) is 0 Å². The molecule has 18 heavy (non-hydrogen) atoms. The lowest BCUT2D eigenvalue weighted by Crippen LogP contribution is -2.06. The van der Waals surface area contributed by atoms with Gasteiger partial charge in [0, 0.05) is 11.1 Å². The summed E-state index contributed by atoms with van der Waals surface area (Å²) in [6.45, 7) is 1.94. The monoisotopic (exact) mass is 257 g/mol. The molecule has 0 N–H and O–H groups in total. The van der Waals surface area contributed by atoms with Gasteiger partial charge >= 0.3 is 0 Å². The molecule has 2 nitrogen and oxygen atoms in total. The molecule has 0 aromatic heterocycles. The summed E-state index contributed by atoms with van der Waals surface area (Å²) in [5, 5.41) is 0.265. The van der Waals surface area contributed by atoms with Gasteiger partial charge in [-0.15, -0.1) is 0 Å². The van der Waals surface area contributed by atoms with Gasteiger partial charge < -0.3 is 0 Å². The molecule has 0 fully saturated rings. The molecule has 0 spiro atoms. The van der Waals surface area contributed by atoms with Gasteiger partial charge in [0.25, 0.3) is 0 Å². The van der Waals surface area contributed by atoms with Crippen molar-refractivity contribution >= 4 is 23.7 Å². The number of carbonyl (C=O) groups excluding carboxylic acids is 2. The van der Waals surface area contributed by atoms with Crippen molar-refractivity contribution in [3.8, 4) is 0 Å². The van der Waals surface area contributed by atoms with Crippen molar-refractivity contribution in [2.75, 3.05) is 0 Å². The molecule has 1 radical (unpaired) electrons. The summed E-state index contributed by atoms with van der Waals surface area (Å²) in [7, 11) is 0. The second kappa shape index (κ2) is 5.15. The third-order valence-corrected chi connectivity index (χ3v) is 2.98. The zero-order valence-corrected chi connectivity index (χ0v) is 10.5. The number of halogens is 1. The van der Waals surface area contributed by atoms with Gasteiger partial charge in [0.05, 0.1) is 10.6 Å². The summed E-state index contributed by atoms with van der Waals surface area (Å²) in [6.07, 6.45) is 1.74. The molecule has 0 aliphatic heterocycles. The molecular formula is C15H10ClO2. The van der Waals surface area contributed by atoms with Crippen LogP contribution < -0.4 is 0 Å². The van der Waals surface area contributed by atoms with Crippen LogP contribution in [0.2, 0.25) is 5.02 Å². The number of aryl methyl sites for hydroxylation is 1. The van der Waals surface area contributed by atoms with Crippen LogP contribution in [-0.2, 0) is 4.79 Å². The van der Waals surface area contributed by atoms with E-state index in [-0.39, 0.29) is 21.9 Å². The van der Waals surface area contributed by atoms with Crippen LogP contribution >= 0.6 is 11.6 Å². The summed E-state index contributed by atoms with van der Waals surface area (Å²) in [4.78, 5) is 23.1. The highest BCUT2D eigenvalue weighted by Crippen LogP contribution is 2.22. The normalized spacial score (nSPS) is 10.1. The fourth-order valence-electron chi connectivity index (χ4n) is 1.69. The predicted molar refractivity (Wildman–Crippen MR) is 70.9 cm³/mol. The first-order valence-corrected chi connectivity index (χ1v) is 5.79. The number of carbonyl (C=O) groups is 1. The Morgan fingerprint density at radius 2 is 1.78 bits per heavy atom. The topological polar surface area (TPSA) is 34.1 Å². The van der Waals surface area contributed by atoms with Gasteiger partial charge in [-0.3, -0.25) is 9.59 Å². The maximum absolute atomic E-state index is 12.3. The number of hydrogen-bond donors (Lipinski definition) is 0. The van der Waals surface area contributed by atoms with Gasteiger partial charge in [-0.2, -0.15) is 0 Å². The summed E-state index contributed by atoms with van der Waals surface area (Å²) in [5.74, 6) is -0.265. The molecular weight excluding hydrogens is 248 g/mol. The smallest absolute Gasteiger partial charge is 0.234 e. The predicted octanol–water partition coefficient (Wildman–Crippen LogP) is 3.34. The third kappa shape index (κ3) is 2.34. The van der Waals surface area contributed by atoms with E-state index in [0.717, 1.165) is 5.56 Å². The van der Waals surface area contributed by atoms with E-state index in [4.69, 9.17) is 11.6 Å². The second-order valence-electron chi connectivity index (χ2n) is 3.96. The highest BCUT2D eigenvalue weighted by atomic mass is 35.5. The molecule has 3 heteroatoms. The molecule has 2 aromatic carbocycles. The van der Waals surface area contributed by atoms with Crippen LogP contribution in [0.5, 0.6) is 0 Å². The lowest BCUT2D eigenvalue weighted by atomic mass is 9.98. The van der Waals surface area contributed by atoms with Crippen LogP contribution in [0, 0.1) is 6.92 Å². The molecule has 0 heterocycles. The minimum atomic E-state index is -0.265. The molecule has 2 aromatic rings. The fraction of sp³-hybridized carbons (Fsp3) is 0.0667. The number of hydrogen-bond acceptors (Lipinski definition) is 2. The maximum Gasteiger partial charge on any atom is 0.234 e. The molecule has 0 atom stereocenters. The molecule has 0 unspecified atom stereocenters. The Balaban J connectivity index is 2.52. The lowest BCUT2D eigenvalue weighted by molar-refractivity contribution is 0.103. The van der Waals surface area contributed by atoms with E-state index in [0.29, 0.717) is 5.56 Å². The Morgan fingerprint density at radius 1 is 1.11 bits per heavy atom. The molecule has 0 bridgehead atoms. The average Bonchev–Trinajstić information content (AvgIpc) is 2.38. The highest BCUT2D eigenvalue weighted by Gasteiger charge is 2.17. The minimum absolute atomic E-state index is 0.188. The lowest BCUT2D eigenvalue weighted by Gasteiger charge is -2.06.